The summed E-state index contributed by atoms with van der Waals surface area (Å²) >= 11 is 5.33. The highest BCUT2D eigenvalue weighted by Crippen LogP contribution is 2.15. The van der Waals surface area contributed by atoms with E-state index in [1.54, 1.807) is 0 Å². The van der Waals surface area contributed by atoms with Gasteiger partial charge >= 0.3 is 6.09 Å². The van der Waals surface area contributed by atoms with Crippen molar-refractivity contribution in [3.8, 4) is 0 Å². The highest BCUT2D eigenvalue weighted by atomic mass is 35.5. The van der Waals surface area contributed by atoms with Crippen LogP contribution < -0.4 is 5.32 Å². The molecule has 0 fully saturated rings. The molecular weight excluding hydrogens is 187 g/mol. The van der Waals surface area contributed by atoms with Crippen LogP contribution in [-0.2, 0) is 0 Å². The molecule has 0 saturated heterocycles. The first-order valence-corrected chi connectivity index (χ1v) is 3.28. The zero-order chi connectivity index (χ0) is 9.14. The van der Waals surface area contributed by atoms with Crippen molar-refractivity contribution in [2.24, 2.45) is 0 Å². The standard InChI is InChI=1S/C6H4ClFN2O2/c7-5-1-3(8)4(2-9-5)10-6(11)12/h1-2,10H,(H,11,12). The summed E-state index contributed by atoms with van der Waals surface area (Å²) in [6, 6.07) is 0.923. The molecule has 0 spiro atoms. The van der Waals surface area contributed by atoms with Gasteiger partial charge < -0.3 is 5.11 Å². The molecule has 12 heavy (non-hydrogen) atoms. The summed E-state index contributed by atoms with van der Waals surface area (Å²) < 4.78 is 12.8. The number of amides is 1. The van der Waals surface area contributed by atoms with E-state index in [2.05, 4.69) is 4.98 Å². The fourth-order valence-electron chi connectivity index (χ4n) is 0.615. The third-order valence-electron chi connectivity index (χ3n) is 1.06. The first-order chi connectivity index (χ1) is 5.59. The van der Waals surface area contributed by atoms with Crippen molar-refractivity contribution in [2.75, 3.05) is 5.32 Å². The summed E-state index contributed by atoms with van der Waals surface area (Å²) in [6.07, 6.45) is -0.343. The number of pyridine rings is 1. The minimum Gasteiger partial charge on any atom is -0.465 e. The Hall–Kier alpha value is -1.36. The molecule has 64 valence electrons. The molecule has 1 heterocycles. The first kappa shape index (κ1) is 8.73. The van der Waals surface area contributed by atoms with E-state index < -0.39 is 11.9 Å². The number of hydrogen-bond acceptors (Lipinski definition) is 2. The Morgan fingerprint density at radius 3 is 2.92 bits per heavy atom. The number of carbonyl (C=O) groups is 1. The molecule has 1 amide bonds. The van der Waals surface area contributed by atoms with Gasteiger partial charge in [0.05, 0.1) is 11.9 Å². The third kappa shape index (κ3) is 2.06. The highest BCUT2D eigenvalue weighted by molar-refractivity contribution is 6.29. The number of halogens is 2. The number of hydrogen-bond donors (Lipinski definition) is 2. The summed E-state index contributed by atoms with van der Waals surface area (Å²) in [4.78, 5) is 13.6. The summed E-state index contributed by atoms with van der Waals surface area (Å²) in [5.41, 5.74) is -0.216. The second kappa shape index (κ2) is 3.36. The van der Waals surface area contributed by atoms with E-state index in [0.717, 1.165) is 12.3 Å². The lowest BCUT2D eigenvalue weighted by Crippen LogP contribution is -2.08. The number of aromatic nitrogens is 1. The smallest absolute Gasteiger partial charge is 0.409 e. The quantitative estimate of drug-likeness (QED) is 0.666. The molecule has 0 bridgehead atoms. The fourth-order valence-corrected chi connectivity index (χ4v) is 0.759. The van der Waals surface area contributed by atoms with E-state index in [1.807, 2.05) is 5.32 Å². The molecule has 2 N–H and O–H groups in total. The average molecular weight is 191 g/mol. The van der Waals surface area contributed by atoms with Crippen molar-refractivity contribution in [1.82, 2.24) is 4.98 Å². The molecule has 1 aromatic heterocycles. The third-order valence-corrected chi connectivity index (χ3v) is 1.27. The summed E-state index contributed by atoms with van der Waals surface area (Å²) in [6.45, 7) is 0. The summed E-state index contributed by atoms with van der Waals surface area (Å²) in [5.74, 6) is -0.752. The molecule has 0 atom stereocenters. The molecule has 0 aliphatic heterocycles. The van der Waals surface area contributed by atoms with Crippen molar-refractivity contribution >= 4 is 23.4 Å². The SMILES string of the molecule is O=C(O)Nc1cnc(Cl)cc1F. The number of nitrogens with zero attached hydrogens (tertiary/aromatic N) is 1. The van der Waals surface area contributed by atoms with E-state index in [4.69, 9.17) is 16.7 Å². The summed E-state index contributed by atoms with van der Waals surface area (Å²) in [5, 5.41) is 10.0. The van der Waals surface area contributed by atoms with Gasteiger partial charge in [0.1, 0.15) is 5.15 Å². The first-order valence-electron chi connectivity index (χ1n) is 2.90. The van der Waals surface area contributed by atoms with Gasteiger partial charge in [0, 0.05) is 6.07 Å². The minimum absolute atomic E-state index is 0.0246. The number of carboxylic acid groups (broad SMARTS) is 1. The van der Waals surface area contributed by atoms with Crippen LogP contribution in [0.2, 0.25) is 5.15 Å². The van der Waals surface area contributed by atoms with Gasteiger partial charge in [-0.2, -0.15) is 0 Å². The van der Waals surface area contributed by atoms with Crippen molar-refractivity contribution in [1.29, 1.82) is 0 Å². The Morgan fingerprint density at radius 2 is 2.42 bits per heavy atom. The van der Waals surface area contributed by atoms with E-state index in [1.165, 1.54) is 0 Å². The van der Waals surface area contributed by atoms with Gasteiger partial charge in [-0.25, -0.2) is 14.2 Å². The fraction of sp³-hybridized carbons (Fsp3) is 0. The van der Waals surface area contributed by atoms with Crippen molar-refractivity contribution in [3.63, 3.8) is 0 Å². The Morgan fingerprint density at radius 1 is 1.75 bits per heavy atom. The second-order valence-corrected chi connectivity index (χ2v) is 2.30. The van der Waals surface area contributed by atoms with Gasteiger partial charge in [0.2, 0.25) is 0 Å². The lowest BCUT2D eigenvalue weighted by atomic mass is 10.4. The molecule has 0 aliphatic carbocycles. The predicted molar refractivity (Wildman–Crippen MR) is 40.9 cm³/mol. The monoisotopic (exact) mass is 190 g/mol. The van der Waals surface area contributed by atoms with E-state index >= 15 is 0 Å². The van der Waals surface area contributed by atoms with Crippen LogP contribution in [0.15, 0.2) is 12.3 Å². The number of rotatable bonds is 1. The Kier molecular flexibility index (Phi) is 2.44. The molecular formula is C6H4ClFN2O2. The second-order valence-electron chi connectivity index (χ2n) is 1.92. The van der Waals surface area contributed by atoms with Crippen molar-refractivity contribution < 1.29 is 14.3 Å². The van der Waals surface area contributed by atoms with Gasteiger partial charge in [-0.1, -0.05) is 11.6 Å². The molecule has 1 aromatic rings. The highest BCUT2D eigenvalue weighted by Gasteiger charge is 2.05. The van der Waals surface area contributed by atoms with E-state index in [-0.39, 0.29) is 10.8 Å². The minimum atomic E-state index is -1.35. The van der Waals surface area contributed by atoms with Gasteiger partial charge in [-0.15, -0.1) is 0 Å². The molecule has 6 heteroatoms. The van der Waals surface area contributed by atoms with Crippen LogP contribution in [0.1, 0.15) is 0 Å². The van der Waals surface area contributed by atoms with Gasteiger partial charge in [0.15, 0.2) is 5.82 Å². The van der Waals surface area contributed by atoms with Crippen LogP contribution in [0.5, 0.6) is 0 Å². The Balaban J connectivity index is 2.93. The molecule has 4 nitrogen and oxygen atoms in total. The maximum absolute atomic E-state index is 12.8. The Labute approximate surface area is 72.0 Å². The summed E-state index contributed by atoms with van der Waals surface area (Å²) in [7, 11) is 0. The molecule has 1 rings (SSSR count). The van der Waals surface area contributed by atoms with Crippen molar-refractivity contribution in [2.45, 2.75) is 0 Å². The van der Waals surface area contributed by atoms with E-state index in [0.29, 0.717) is 0 Å². The zero-order valence-electron chi connectivity index (χ0n) is 5.71. The van der Waals surface area contributed by atoms with Crippen LogP contribution >= 0.6 is 11.6 Å². The van der Waals surface area contributed by atoms with Gasteiger partial charge in [0.25, 0.3) is 0 Å². The van der Waals surface area contributed by atoms with Crippen molar-refractivity contribution in [3.05, 3.63) is 23.2 Å². The van der Waals surface area contributed by atoms with Crippen LogP contribution in [0.4, 0.5) is 14.9 Å². The largest absolute Gasteiger partial charge is 0.465 e. The maximum atomic E-state index is 12.8. The molecule has 0 unspecified atom stereocenters. The zero-order valence-corrected chi connectivity index (χ0v) is 6.47. The molecule has 0 aliphatic rings. The molecule has 0 saturated carbocycles. The average Bonchev–Trinajstić information content (AvgIpc) is 1.94. The van der Waals surface area contributed by atoms with Gasteiger partial charge in [-0.3, -0.25) is 5.32 Å². The normalized spacial score (nSPS) is 9.50. The van der Waals surface area contributed by atoms with Crippen LogP contribution in [0.3, 0.4) is 0 Å². The van der Waals surface area contributed by atoms with Crippen LogP contribution in [-0.4, -0.2) is 16.2 Å². The lowest BCUT2D eigenvalue weighted by molar-refractivity contribution is 0.209. The van der Waals surface area contributed by atoms with Crippen LogP contribution in [0, 0.1) is 5.82 Å². The predicted octanol–water partition coefficient (Wildman–Crippen LogP) is 1.96. The molecule has 0 radical (unpaired) electrons. The lowest BCUT2D eigenvalue weighted by Gasteiger charge is -2.00. The number of nitrogens with one attached hydrogen (secondary N) is 1. The maximum Gasteiger partial charge on any atom is 0.409 e. The molecule has 0 aromatic carbocycles. The van der Waals surface area contributed by atoms with Gasteiger partial charge in [-0.05, 0) is 0 Å². The Bertz CT molecular complexity index is 318. The number of anilines is 1. The van der Waals surface area contributed by atoms with Crippen LogP contribution in [0.25, 0.3) is 0 Å². The van der Waals surface area contributed by atoms with E-state index in [9.17, 15) is 9.18 Å². The topological polar surface area (TPSA) is 62.2 Å².